The van der Waals surface area contributed by atoms with Crippen molar-refractivity contribution in [1.29, 1.82) is 0 Å². The lowest BCUT2D eigenvalue weighted by molar-refractivity contribution is -0.120. The summed E-state index contributed by atoms with van der Waals surface area (Å²) in [4.78, 5) is 13.4. The molecule has 1 unspecified atom stereocenters. The zero-order valence-corrected chi connectivity index (χ0v) is 15.0. The molecule has 1 atom stereocenters. The van der Waals surface area contributed by atoms with E-state index in [-0.39, 0.29) is 49.0 Å². The molecule has 0 radical (unpaired) electrons. The fourth-order valence-electron chi connectivity index (χ4n) is 2.53. The number of anilines is 1. The van der Waals surface area contributed by atoms with Gasteiger partial charge in [-0.15, -0.1) is 24.8 Å². The van der Waals surface area contributed by atoms with Gasteiger partial charge >= 0.3 is 0 Å². The van der Waals surface area contributed by atoms with Gasteiger partial charge in [0, 0.05) is 32.8 Å². The summed E-state index contributed by atoms with van der Waals surface area (Å²) < 4.78 is 32.4. The molecule has 1 saturated heterocycles. The number of carbonyl (C=O) groups excluding carboxylic acids is 1. The molecular formula is C15H23Cl2F2N3O2. The number of ether oxygens (including phenoxy) is 1. The number of benzene rings is 1. The first-order chi connectivity index (χ1) is 10.6. The second-order valence-corrected chi connectivity index (χ2v) is 5.24. The van der Waals surface area contributed by atoms with Gasteiger partial charge in [-0.2, -0.15) is 0 Å². The number of halogens is 4. The molecule has 1 aromatic carbocycles. The van der Waals surface area contributed by atoms with E-state index in [4.69, 9.17) is 4.74 Å². The Morgan fingerprint density at radius 2 is 2.00 bits per heavy atom. The van der Waals surface area contributed by atoms with E-state index in [2.05, 4.69) is 10.6 Å². The molecule has 2 N–H and O–H groups in total. The van der Waals surface area contributed by atoms with Gasteiger partial charge in [0.25, 0.3) is 0 Å². The van der Waals surface area contributed by atoms with Crippen LogP contribution in [0.25, 0.3) is 0 Å². The lowest BCUT2D eigenvalue weighted by Gasteiger charge is -2.20. The number of nitrogens with one attached hydrogen (secondary N) is 2. The van der Waals surface area contributed by atoms with Crippen LogP contribution < -0.4 is 15.5 Å². The second-order valence-electron chi connectivity index (χ2n) is 5.24. The van der Waals surface area contributed by atoms with Crippen LogP contribution in [0.1, 0.15) is 6.42 Å². The molecule has 1 aliphatic rings. The third-order valence-corrected chi connectivity index (χ3v) is 3.58. The molecule has 1 amide bonds. The van der Waals surface area contributed by atoms with Gasteiger partial charge in [0.1, 0.15) is 17.3 Å². The van der Waals surface area contributed by atoms with Crippen molar-refractivity contribution in [1.82, 2.24) is 10.6 Å². The smallest absolute Gasteiger partial charge is 0.234 e. The van der Waals surface area contributed by atoms with Crippen LogP contribution in [0.3, 0.4) is 0 Å². The van der Waals surface area contributed by atoms with Crippen LogP contribution in [0.5, 0.6) is 0 Å². The van der Waals surface area contributed by atoms with Crippen molar-refractivity contribution in [2.45, 2.75) is 12.5 Å². The first kappa shape index (κ1) is 22.9. The Balaban J connectivity index is 0.00000264. The highest BCUT2D eigenvalue weighted by molar-refractivity contribution is 5.85. The molecule has 138 valence electrons. The number of carbonyl (C=O) groups is 1. The number of para-hydroxylation sites is 1. The van der Waals surface area contributed by atoms with Crippen molar-refractivity contribution in [3.63, 3.8) is 0 Å². The topological polar surface area (TPSA) is 53.6 Å². The standard InChI is InChI=1S/C15H21F2N3O2.2ClH/c1-22-8-6-18-9-14(21)19-11-5-7-20(10-11)15-12(16)3-2-4-13(15)17;;/h2-4,11,18H,5-10H2,1H3,(H,19,21);2*1H. The van der Waals surface area contributed by atoms with E-state index >= 15 is 0 Å². The minimum atomic E-state index is -0.576. The largest absolute Gasteiger partial charge is 0.383 e. The predicted octanol–water partition coefficient (Wildman–Crippen LogP) is 1.74. The normalized spacial score (nSPS) is 16.3. The highest BCUT2D eigenvalue weighted by atomic mass is 35.5. The van der Waals surface area contributed by atoms with Crippen LogP contribution in [0.15, 0.2) is 18.2 Å². The zero-order chi connectivity index (χ0) is 15.9. The van der Waals surface area contributed by atoms with E-state index < -0.39 is 11.6 Å². The summed E-state index contributed by atoms with van der Waals surface area (Å²) in [5.41, 5.74) is -0.0162. The number of nitrogens with zero attached hydrogens (tertiary/aromatic N) is 1. The van der Waals surface area contributed by atoms with Gasteiger partial charge in [0.15, 0.2) is 0 Å². The van der Waals surface area contributed by atoms with Crippen molar-refractivity contribution in [3.8, 4) is 0 Å². The van der Waals surface area contributed by atoms with E-state index in [0.717, 1.165) is 0 Å². The molecule has 0 aromatic heterocycles. The maximum Gasteiger partial charge on any atom is 0.234 e. The molecule has 0 aliphatic carbocycles. The van der Waals surface area contributed by atoms with Crippen molar-refractivity contribution in [3.05, 3.63) is 29.8 Å². The molecule has 0 bridgehead atoms. The molecule has 9 heteroatoms. The van der Waals surface area contributed by atoms with Crippen LogP contribution >= 0.6 is 24.8 Å². The maximum absolute atomic E-state index is 13.7. The molecule has 0 spiro atoms. The fourth-order valence-corrected chi connectivity index (χ4v) is 2.53. The van der Waals surface area contributed by atoms with E-state index in [1.807, 2.05) is 0 Å². The Morgan fingerprint density at radius 1 is 1.33 bits per heavy atom. The van der Waals surface area contributed by atoms with Crippen LogP contribution in [-0.2, 0) is 9.53 Å². The predicted molar refractivity (Wildman–Crippen MR) is 94.4 cm³/mol. The van der Waals surface area contributed by atoms with Gasteiger partial charge in [-0.05, 0) is 18.6 Å². The third-order valence-electron chi connectivity index (χ3n) is 3.58. The van der Waals surface area contributed by atoms with Crippen LogP contribution in [0, 0.1) is 11.6 Å². The minimum Gasteiger partial charge on any atom is -0.383 e. The lowest BCUT2D eigenvalue weighted by atomic mass is 10.2. The first-order valence-electron chi connectivity index (χ1n) is 7.29. The molecular weight excluding hydrogens is 363 g/mol. The van der Waals surface area contributed by atoms with E-state index in [1.54, 1.807) is 12.0 Å². The van der Waals surface area contributed by atoms with Gasteiger partial charge in [0.2, 0.25) is 5.91 Å². The van der Waals surface area contributed by atoms with Gasteiger partial charge < -0.3 is 20.3 Å². The Bertz CT molecular complexity index is 503. The van der Waals surface area contributed by atoms with Crippen molar-refractivity contribution in [2.24, 2.45) is 0 Å². The minimum absolute atomic E-state index is 0. The summed E-state index contributed by atoms with van der Waals surface area (Å²) in [5, 5.41) is 5.82. The number of hydrogen-bond acceptors (Lipinski definition) is 4. The third kappa shape index (κ3) is 6.39. The number of rotatable bonds is 7. The quantitative estimate of drug-likeness (QED) is 0.702. The van der Waals surface area contributed by atoms with Crippen molar-refractivity contribution in [2.75, 3.05) is 44.8 Å². The fraction of sp³-hybridized carbons (Fsp3) is 0.533. The summed E-state index contributed by atoms with van der Waals surface area (Å²) in [6, 6.07) is 3.72. The molecule has 1 aliphatic heterocycles. The summed E-state index contributed by atoms with van der Waals surface area (Å²) in [6.45, 7) is 2.26. The number of methoxy groups -OCH3 is 1. The maximum atomic E-state index is 13.7. The molecule has 1 aromatic rings. The van der Waals surface area contributed by atoms with Crippen LogP contribution in [0.2, 0.25) is 0 Å². The highest BCUT2D eigenvalue weighted by Crippen LogP contribution is 2.26. The van der Waals surface area contributed by atoms with Crippen LogP contribution in [-0.4, -0.2) is 51.8 Å². The summed E-state index contributed by atoms with van der Waals surface area (Å²) in [6.07, 6.45) is 0.664. The van der Waals surface area contributed by atoms with Crippen molar-refractivity contribution >= 4 is 36.4 Å². The zero-order valence-electron chi connectivity index (χ0n) is 13.4. The first-order valence-corrected chi connectivity index (χ1v) is 7.29. The van der Waals surface area contributed by atoms with Crippen molar-refractivity contribution < 1.29 is 18.3 Å². The molecule has 1 fully saturated rings. The summed E-state index contributed by atoms with van der Waals surface area (Å²) >= 11 is 0. The second kappa shape index (κ2) is 11.4. The Labute approximate surface area is 152 Å². The Kier molecular flexibility index (Phi) is 10.9. The van der Waals surface area contributed by atoms with Gasteiger partial charge in [0.05, 0.1) is 13.2 Å². The van der Waals surface area contributed by atoms with E-state index in [9.17, 15) is 13.6 Å². The van der Waals surface area contributed by atoms with Gasteiger partial charge in [-0.3, -0.25) is 4.79 Å². The van der Waals surface area contributed by atoms with Gasteiger partial charge in [-0.1, -0.05) is 6.07 Å². The number of hydrogen-bond donors (Lipinski definition) is 2. The average Bonchev–Trinajstić information content (AvgIpc) is 2.91. The molecule has 1 heterocycles. The van der Waals surface area contributed by atoms with E-state index in [1.165, 1.54) is 18.2 Å². The Morgan fingerprint density at radius 3 is 2.62 bits per heavy atom. The molecule has 5 nitrogen and oxygen atoms in total. The van der Waals surface area contributed by atoms with Gasteiger partial charge in [-0.25, -0.2) is 8.78 Å². The van der Waals surface area contributed by atoms with Crippen LogP contribution in [0.4, 0.5) is 14.5 Å². The van der Waals surface area contributed by atoms with E-state index in [0.29, 0.717) is 32.7 Å². The summed E-state index contributed by atoms with van der Waals surface area (Å²) in [5.74, 6) is -1.28. The monoisotopic (exact) mass is 385 g/mol. The Hall–Kier alpha value is -1.15. The molecule has 24 heavy (non-hydrogen) atoms. The molecule has 2 rings (SSSR count). The SMILES string of the molecule is COCCNCC(=O)NC1CCN(c2c(F)cccc2F)C1.Cl.Cl. The molecule has 0 saturated carbocycles. The summed E-state index contributed by atoms with van der Waals surface area (Å²) in [7, 11) is 1.59. The average molecular weight is 386 g/mol. The number of amides is 1. The lowest BCUT2D eigenvalue weighted by Crippen LogP contribution is -2.42. The highest BCUT2D eigenvalue weighted by Gasteiger charge is 2.27.